The van der Waals surface area contributed by atoms with Crippen molar-refractivity contribution in [1.82, 2.24) is 9.88 Å². The predicted octanol–water partition coefficient (Wildman–Crippen LogP) is 0.574. The third kappa shape index (κ3) is 2.58. The molecule has 0 bridgehead atoms. The van der Waals surface area contributed by atoms with Crippen molar-refractivity contribution in [3.8, 4) is 0 Å². The van der Waals surface area contributed by atoms with Crippen LogP contribution in [-0.2, 0) is 11.2 Å². The van der Waals surface area contributed by atoms with E-state index in [2.05, 4.69) is 4.98 Å². The lowest BCUT2D eigenvalue weighted by Gasteiger charge is -2.30. The van der Waals surface area contributed by atoms with Gasteiger partial charge in [0, 0.05) is 25.5 Å². The Morgan fingerprint density at radius 2 is 2.44 bits per heavy atom. The average molecular weight is 219 g/mol. The summed E-state index contributed by atoms with van der Waals surface area (Å²) >= 11 is 0. The maximum atomic E-state index is 11.7. The maximum absolute atomic E-state index is 11.7. The molecule has 16 heavy (non-hydrogen) atoms. The Morgan fingerprint density at radius 3 is 3.19 bits per heavy atom. The molecule has 0 saturated carbocycles. The standard InChI is InChI=1S/C12H17N3O/c13-11-4-2-7-15(12(11)16)8-5-10-3-1-6-14-9-10/h1,3,6,9,11H,2,4-5,7-8,13H2. The summed E-state index contributed by atoms with van der Waals surface area (Å²) in [7, 11) is 0. The Hall–Kier alpha value is -1.42. The summed E-state index contributed by atoms with van der Waals surface area (Å²) in [6.45, 7) is 1.59. The summed E-state index contributed by atoms with van der Waals surface area (Å²) in [5.74, 6) is 0.0927. The van der Waals surface area contributed by atoms with Gasteiger partial charge in [0.05, 0.1) is 6.04 Å². The molecule has 1 aliphatic heterocycles. The lowest BCUT2D eigenvalue weighted by molar-refractivity contribution is -0.134. The Balaban J connectivity index is 1.88. The highest BCUT2D eigenvalue weighted by molar-refractivity contribution is 5.82. The summed E-state index contributed by atoms with van der Waals surface area (Å²) in [5.41, 5.74) is 6.90. The fraction of sp³-hybridized carbons (Fsp3) is 0.500. The second kappa shape index (κ2) is 5.07. The highest BCUT2D eigenvalue weighted by atomic mass is 16.2. The molecule has 0 radical (unpaired) electrons. The fourth-order valence-electron chi connectivity index (χ4n) is 2.00. The molecule has 2 N–H and O–H groups in total. The smallest absolute Gasteiger partial charge is 0.239 e. The van der Waals surface area contributed by atoms with E-state index in [0.717, 1.165) is 37.9 Å². The van der Waals surface area contributed by atoms with Gasteiger partial charge in [0.25, 0.3) is 0 Å². The number of likely N-dealkylation sites (tertiary alicyclic amines) is 1. The van der Waals surface area contributed by atoms with E-state index in [0.29, 0.717) is 0 Å². The fourth-order valence-corrected chi connectivity index (χ4v) is 2.00. The second-order valence-electron chi connectivity index (χ2n) is 4.19. The molecule has 0 aromatic carbocycles. The van der Waals surface area contributed by atoms with Gasteiger partial charge in [-0.2, -0.15) is 0 Å². The molecule has 2 rings (SSSR count). The van der Waals surface area contributed by atoms with Gasteiger partial charge in [-0.15, -0.1) is 0 Å². The molecule has 1 atom stereocenters. The van der Waals surface area contributed by atoms with Crippen LogP contribution in [-0.4, -0.2) is 34.9 Å². The van der Waals surface area contributed by atoms with E-state index >= 15 is 0 Å². The minimum atomic E-state index is -0.289. The molecule has 4 heteroatoms. The lowest BCUT2D eigenvalue weighted by Crippen LogP contribution is -2.48. The van der Waals surface area contributed by atoms with Crippen LogP contribution in [0.15, 0.2) is 24.5 Å². The summed E-state index contributed by atoms with van der Waals surface area (Å²) in [5, 5.41) is 0. The topological polar surface area (TPSA) is 59.2 Å². The van der Waals surface area contributed by atoms with Crippen molar-refractivity contribution < 1.29 is 4.79 Å². The molecule has 0 spiro atoms. The third-order valence-electron chi connectivity index (χ3n) is 2.97. The molecule has 1 saturated heterocycles. The normalized spacial score (nSPS) is 21.2. The van der Waals surface area contributed by atoms with Gasteiger partial charge in [-0.3, -0.25) is 9.78 Å². The molecule has 1 aliphatic rings. The molecule has 1 unspecified atom stereocenters. The zero-order valence-electron chi connectivity index (χ0n) is 9.30. The first-order valence-corrected chi connectivity index (χ1v) is 5.70. The summed E-state index contributed by atoms with van der Waals surface area (Å²) in [6.07, 6.45) is 6.29. The average Bonchev–Trinajstić information content (AvgIpc) is 2.32. The van der Waals surface area contributed by atoms with Crippen LogP contribution in [0.4, 0.5) is 0 Å². The molecule has 1 fully saturated rings. The highest BCUT2D eigenvalue weighted by Crippen LogP contribution is 2.10. The lowest BCUT2D eigenvalue weighted by atomic mass is 10.1. The molecule has 4 nitrogen and oxygen atoms in total. The van der Waals surface area contributed by atoms with Gasteiger partial charge in [-0.05, 0) is 30.9 Å². The minimum absolute atomic E-state index is 0.0927. The first-order valence-electron chi connectivity index (χ1n) is 5.70. The second-order valence-corrected chi connectivity index (χ2v) is 4.19. The van der Waals surface area contributed by atoms with Crippen LogP contribution in [0.25, 0.3) is 0 Å². The third-order valence-corrected chi connectivity index (χ3v) is 2.97. The van der Waals surface area contributed by atoms with Crippen LogP contribution in [0.5, 0.6) is 0 Å². The van der Waals surface area contributed by atoms with Crippen molar-refractivity contribution in [2.24, 2.45) is 5.73 Å². The van der Waals surface area contributed by atoms with Crippen LogP contribution >= 0.6 is 0 Å². The highest BCUT2D eigenvalue weighted by Gasteiger charge is 2.24. The van der Waals surface area contributed by atoms with Crippen LogP contribution in [0.2, 0.25) is 0 Å². The quantitative estimate of drug-likeness (QED) is 0.808. The van der Waals surface area contributed by atoms with Gasteiger partial charge in [-0.1, -0.05) is 6.07 Å². The number of piperidine rings is 1. The zero-order chi connectivity index (χ0) is 11.4. The van der Waals surface area contributed by atoms with Gasteiger partial charge in [0.15, 0.2) is 0 Å². The monoisotopic (exact) mass is 219 g/mol. The van der Waals surface area contributed by atoms with Crippen molar-refractivity contribution in [3.05, 3.63) is 30.1 Å². The summed E-state index contributed by atoms with van der Waals surface area (Å²) in [4.78, 5) is 17.6. The number of amides is 1. The number of hydrogen-bond acceptors (Lipinski definition) is 3. The van der Waals surface area contributed by atoms with Gasteiger partial charge in [-0.25, -0.2) is 0 Å². The Bertz CT molecular complexity index is 353. The Labute approximate surface area is 95.5 Å². The van der Waals surface area contributed by atoms with Crippen LogP contribution in [0, 0.1) is 0 Å². The molecular weight excluding hydrogens is 202 g/mol. The predicted molar refractivity (Wildman–Crippen MR) is 61.7 cm³/mol. The molecular formula is C12H17N3O. The van der Waals surface area contributed by atoms with Gasteiger partial charge < -0.3 is 10.6 Å². The van der Waals surface area contributed by atoms with Gasteiger partial charge >= 0.3 is 0 Å². The minimum Gasteiger partial charge on any atom is -0.341 e. The van der Waals surface area contributed by atoms with Crippen LogP contribution in [0.1, 0.15) is 18.4 Å². The number of nitrogens with zero attached hydrogens (tertiary/aromatic N) is 2. The number of pyridine rings is 1. The molecule has 2 heterocycles. The molecule has 86 valence electrons. The maximum Gasteiger partial charge on any atom is 0.239 e. The summed E-state index contributed by atoms with van der Waals surface area (Å²) in [6, 6.07) is 3.66. The molecule has 1 aromatic heterocycles. The number of nitrogens with two attached hydrogens (primary N) is 1. The van der Waals surface area contributed by atoms with E-state index in [4.69, 9.17) is 5.73 Å². The number of carbonyl (C=O) groups excluding carboxylic acids is 1. The van der Waals surface area contributed by atoms with E-state index in [-0.39, 0.29) is 11.9 Å². The van der Waals surface area contributed by atoms with Gasteiger partial charge in [0.1, 0.15) is 0 Å². The van der Waals surface area contributed by atoms with Crippen molar-refractivity contribution in [2.45, 2.75) is 25.3 Å². The number of carbonyl (C=O) groups is 1. The van der Waals surface area contributed by atoms with E-state index < -0.39 is 0 Å². The van der Waals surface area contributed by atoms with Crippen molar-refractivity contribution in [2.75, 3.05) is 13.1 Å². The zero-order valence-corrected chi connectivity index (χ0v) is 9.30. The van der Waals surface area contributed by atoms with E-state index in [9.17, 15) is 4.79 Å². The first kappa shape index (κ1) is 11.1. The first-order chi connectivity index (χ1) is 7.77. The largest absolute Gasteiger partial charge is 0.341 e. The summed E-state index contributed by atoms with van der Waals surface area (Å²) < 4.78 is 0. The van der Waals surface area contributed by atoms with E-state index in [1.807, 2.05) is 23.2 Å². The van der Waals surface area contributed by atoms with E-state index in [1.165, 1.54) is 0 Å². The Morgan fingerprint density at radius 1 is 1.56 bits per heavy atom. The number of rotatable bonds is 3. The number of hydrogen-bond donors (Lipinski definition) is 1. The van der Waals surface area contributed by atoms with Crippen molar-refractivity contribution in [1.29, 1.82) is 0 Å². The Kier molecular flexibility index (Phi) is 3.51. The van der Waals surface area contributed by atoms with Crippen molar-refractivity contribution in [3.63, 3.8) is 0 Å². The van der Waals surface area contributed by atoms with E-state index in [1.54, 1.807) is 6.20 Å². The molecule has 0 aliphatic carbocycles. The van der Waals surface area contributed by atoms with Gasteiger partial charge in [0.2, 0.25) is 5.91 Å². The number of aromatic nitrogens is 1. The van der Waals surface area contributed by atoms with Crippen LogP contribution < -0.4 is 5.73 Å². The molecule has 1 amide bonds. The van der Waals surface area contributed by atoms with Crippen molar-refractivity contribution >= 4 is 5.91 Å². The SMILES string of the molecule is NC1CCCN(CCc2cccnc2)C1=O. The van der Waals surface area contributed by atoms with Crippen LogP contribution in [0.3, 0.4) is 0 Å². The molecule has 1 aromatic rings.